The zero-order valence-electron chi connectivity index (χ0n) is 35.8. The number of fused-ring (bicyclic) bond motifs is 1. The molecular weight excluding hydrogens is 911 g/mol. The summed E-state index contributed by atoms with van der Waals surface area (Å²) in [5.74, 6) is -2.62. The third-order valence-corrected chi connectivity index (χ3v) is 12.1. The summed E-state index contributed by atoms with van der Waals surface area (Å²) in [4.78, 5) is 42.5. The number of aliphatic hydroxyl groups excluding tert-OH is 1. The van der Waals surface area contributed by atoms with Gasteiger partial charge in [-0.2, -0.15) is 0 Å². The maximum absolute atomic E-state index is 14.1. The van der Waals surface area contributed by atoms with Gasteiger partial charge in [0.2, 0.25) is 0 Å². The van der Waals surface area contributed by atoms with Crippen molar-refractivity contribution >= 4 is 52.5 Å². The fourth-order valence-corrected chi connectivity index (χ4v) is 8.50. The van der Waals surface area contributed by atoms with Crippen LogP contribution in [0.5, 0.6) is 0 Å². The van der Waals surface area contributed by atoms with E-state index in [9.17, 15) is 19.5 Å². The van der Waals surface area contributed by atoms with Crippen molar-refractivity contribution in [3.63, 3.8) is 0 Å². The van der Waals surface area contributed by atoms with E-state index in [1.807, 2.05) is 128 Å². The number of imide groups is 1. The summed E-state index contributed by atoms with van der Waals surface area (Å²) in [7, 11) is 0. The van der Waals surface area contributed by atoms with Crippen LogP contribution >= 0.6 is 34.8 Å². The van der Waals surface area contributed by atoms with Gasteiger partial charge in [-0.1, -0.05) is 168 Å². The lowest BCUT2D eigenvalue weighted by atomic mass is 9.93. The normalized spacial score (nSPS) is 26.5. The topological polar surface area (TPSA) is 151 Å². The molecule has 3 heterocycles. The highest BCUT2D eigenvalue weighted by Gasteiger charge is 2.57. The van der Waals surface area contributed by atoms with Crippen LogP contribution in [0, 0.1) is 0 Å². The Bertz CT molecular complexity index is 2350. The fraction of sp³-hybridized carbons (Fsp3) is 0.340. The summed E-state index contributed by atoms with van der Waals surface area (Å²) >= 11 is 18.1. The number of benzene rings is 5. The van der Waals surface area contributed by atoms with E-state index in [1.165, 1.54) is 12.1 Å². The average molecular weight is 960 g/mol. The Morgan fingerprint density at radius 2 is 1.06 bits per heavy atom. The Morgan fingerprint density at radius 1 is 0.621 bits per heavy atom. The summed E-state index contributed by atoms with van der Waals surface area (Å²) in [6, 6.07) is 42.8. The Balaban J connectivity index is 1.16. The molecule has 0 radical (unpaired) electrons. The van der Waals surface area contributed by atoms with E-state index in [4.69, 9.17) is 68.0 Å². The molecule has 0 spiro atoms. The highest BCUT2D eigenvalue weighted by Crippen LogP contribution is 2.38. The second-order valence-electron chi connectivity index (χ2n) is 16.2. The van der Waals surface area contributed by atoms with Gasteiger partial charge in [0, 0.05) is 0 Å². The second kappa shape index (κ2) is 21.9. The van der Waals surface area contributed by atoms with Crippen molar-refractivity contribution in [1.82, 2.24) is 10.2 Å². The third kappa shape index (κ3) is 11.3. The lowest BCUT2D eigenvalue weighted by molar-refractivity contribution is -0.350. The first kappa shape index (κ1) is 47.7. The van der Waals surface area contributed by atoms with Gasteiger partial charge in [0.05, 0.1) is 50.3 Å². The molecular formula is C50H49Cl3N2O11. The molecule has 5 aromatic carbocycles. The number of alkyl halides is 3. The van der Waals surface area contributed by atoms with Crippen molar-refractivity contribution in [3.8, 4) is 0 Å². The highest BCUT2D eigenvalue weighted by molar-refractivity contribution is 6.76. The van der Waals surface area contributed by atoms with Gasteiger partial charge in [-0.3, -0.25) is 19.3 Å². The third-order valence-electron chi connectivity index (χ3n) is 11.6. The molecule has 0 aromatic heterocycles. The van der Waals surface area contributed by atoms with Crippen LogP contribution in [-0.2, 0) is 64.4 Å². The van der Waals surface area contributed by atoms with E-state index in [1.54, 1.807) is 12.1 Å². The molecule has 66 heavy (non-hydrogen) atoms. The molecule has 0 bridgehead atoms. The molecule has 0 unspecified atom stereocenters. The van der Waals surface area contributed by atoms with Gasteiger partial charge < -0.3 is 43.6 Å². The van der Waals surface area contributed by atoms with E-state index in [2.05, 4.69) is 5.32 Å². The number of halogens is 3. The summed E-state index contributed by atoms with van der Waals surface area (Å²) in [5.41, 5.74) is 3.70. The molecule has 0 aliphatic carbocycles. The van der Waals surface area contributed by atoms with Crippen LogP contribution in [0.1, 0.15) is 49.9 Å². The molecule has 3 amide bonds. The number of amides is 3. The zero-order chi connectivity index (χ0) is 46.2. The second-order valence-corrected chi connectivity index (χ2v) is 18.4. The van der Waals surface area contributed by atoms with Gasteiger partial charge in [-0.25, -0.2) is 0 Å². The van der Waals surface area contributed by atoms with E-state index in [-0.39, 0.29) is 44.2 Å². The quantitative estimate of drug-likeness (QED) is 0.0713. The van der Waals surface area contributed by atoms with E-state index in [0.717, 1.165) is 27.2 Å². The Morgan fingerprint density at radius 3 is 1.55 bits per heavy atom. The van der Waals surface area contributed by atoms with Gasteiger partial charge in [0.15, 0.2) is 12.5 Å². The van der Waals surface area contributed by atoms with E-state index in [0.29, 0.717) is 0 Å². The van der Waals surface area contributed by atoms with Crippen LogP contribution in [0.3, 0.4) is 0 Å². The summed E-state index contributed by atoms with van der Waals surface area (Å²) < 4.78 is 44.0. The molecule has 5 aromatic rings. The van der Waals surface area contributed by atoms with Crippen molar-refractivity contribution in [1.29, 1.82) is 0 Å². The number of aliphatic hydroxyl groups is 1. The number of nitrogens with one attached hydrogen (secondary N) is 1. The van der Waals surface area contributed by atoms with Crippen LogP contribution in [0.15, 0.2) is 146 Å². The first-order chi connectivity index (χ1) is 32.0. The van der Waals surface area contributed by atoms with Crippen LogP contribution in [0.4, 0.5) is 0 Å². The van der Waals surface area contributed by atoms with Crippen LogP contribution in [-0.4, -0.2) is 99.4 Å². The molecule has 0 saturated carbocycles. The molecule has 13 nitrogen and oxygen atoms in total. The minimum atomic E-state index is -2.49. The standard InChI is InChI=1S/C50H49Cl3N2O11/c1-31-41(61-27-33-18-8-3-9-19-33)43(62-28-34-20-10-4-11-21-34)44(63-29-35-22-12-5-13-23-35)48(64-31)66-42-38(30-60-26-32-16-6-2-7-17-32)65-45(54-49(59)50(51,52)53)39(40(42)56)55-46(57)36-24-14-15-25-37(36)47(55)58/h2-25,31,38-45,48,56H,26-30H2,1H3,(H,54,59)/t31-,38+,39+,40+,41+,42+,43+,44-,45+,48-/m0/s1. The Hall–Kier alpha value is -4.74. The molecule has 2 fully saturated rings. The maximum Gasteiger partial charge on any atom is 0.274 e. The molecule has 346 valence electrons. The predicted octanol–water partition coefficient (Wildman–Crippen LogP) is 7.33. The van der Waals surface area contributed by atoms with Crippen molar-refractivity contribution in [3.05, 3.63) is 179 Å². The average Bonchev–Trinajstić information content (AvgIpc) is 3.57. The predicted molar refractivity (Wildman–Crippen MR) is 244 cm³/mol. The first-order valence-corrected chi connectivity index (χ1v) is 22.7. The molecule has 8 rings (SSSR count). The monoisotopic (exact) mass is 958 g/mol. The molecule has 3 aliphatic heterocycles. The minimum absolute atomic E-state index is 0.0886. The molecule has 2 N–H and O–H groups in total. The Kier molecular flexibility index (Phi) is 15.9. The first-order valence-electron chi connectivity index (χ1n) is 21.5. The highest BCUT2D eigenvalue weighted by atomic mass is 35.6. The van der Waals surface area contributed by atoms with E-state index >= 15 is 0 Å². The number of carbonyl (C=O) groups excluding carboxylic acids is 3. The van der Waals surface area contributed by atoms with Gasteiger partial charge in [-0.15, -0.1) is 0 Å². The molecule has 3 aliphatic rings. The summed E-state index contributed by atoms with van der Waals surface area (Å²) in [6.07, 6.45) is -10.6. The summed E-state index contributed by atoms with van der Waals surface area (Å²) in [6.45, 7) is 2.26. The van der Waals surface area contributed by atoms with Crippen molar-refractivity contribution < 1.29 is 52.6 Å². The van der Waals surface area contributed by atoms with Crippen molar-refractivity contribution in [2.24, 2.45) is 0 Å². The van der Waals surface area contributed by atoms with Crippen molar-refractivity contribution in [2.45, 2.75) is 98.4 Å². The SMILES string of the molecule is C[C@@H]1O[C@@H](O[C@H]2[C@H](O)[C@@H](N3C(=O)c4ccccc4C3=O)[C@H](NC(=O)C(Cl)(Cl)Cl)O[C@@H]2COCc2ccccc2)[C@@H](OCc2ccccc2)[C@H](OCc2ccccc2)[C@@H]1OCc1ccccc1. The molecule has 10 atom stereocenters. The number of hydrogen-bond acceptors (Lipinski definition) is 11. The van der Waals surface area contributed by atoms with Gasteiger partial charge >= 0.3 is 0 Å². The number of hydrogen-bond donors (Lipinski definition) is 2. The fourth-order valence-electron chi connectivity index (χ4n) is 8.34. The molecule has 16 heteroatoms. The van der Waals surface area contributed by atoms with E-state index < -0.39 is 82.8 Å². The number of nitrogens with zero attached hydrogens (tertiary/aromatic N) is 1. The smallest absolute Gasteiger partial charge is 0.274 e. The van der Waals surface area contributed by atoms with Gasteiger partial charge in [0.1, 0.15) is 42.7 Å². The van der Waals surface area contributed by atoms with Gasteiger partial charge in [0.25, 0.3) is 21.5 Å². The van der Waals surface area contributed by atoms with Crippen LogP contribution in [0.25, 0.3) is 0 Å². The largest absolute Gasteiger partial charge is 0.388 e. The Labute approximate surface area is 397 Å². The minimum Gasteiger partial charge on any atom is -0.388 e. The van der Waals surface area contributed by atoms with Crippen molar-refractivity contribution in [2.75, 3.05) is 6.61 Å². The van der Waals surface area contributed by atoms with Crippen LogP contribution in [0.2, 0.25) is 0 Å². The lowest BCUT2D eigenvalue weighted by Gasteiger charge is -2.50. The number of ether oxygens (including phenoxy) is 7. The number of carbonyl (C=O) groups is 3. The van der Waals surface area contributed by atoms with Gasteiger partial charge in [-0.05, 0) is 41.3 Å². The number of rotatable bonds is 17. The molecule has 2 saturated heterocycles. The zero-order valence-corrected chi connectivity index (χ0v) is 38.0. The lowest BCUT2D eigenvalue weighted by Crippen LogP contribution is -2.71. The maximum atomic E-state index is 14.1. The van der Waals surface area contributed by atoms with Crippen LogP contribution < -0.4 is 5.32 Å². The summed E-state index contributed by atoms with van der Waals surface area (Å²) in [5, 5.41) is 15.2.